The molecule has 2 rings (SSSR count). The molecule has 1 atom stereocenters. The van der Waals surface area contributed by atoms with Crippen LogP contribution in [-0.4, -0.2) is 18.2 Å². The van der Waals surface area contributed by atoms with Crippen molar-refractivity contribution in [3.8, 4) is 0 Å². The van der Waals surface area contributed by atoms with E-state index in [1.807, 2.05) is 0 Å². The lowest BCUT2D eigenvalue weighted by Gasteiger charge is -2.37. The van der Waals surface area contributed by atoms with Gasteiger partial charge >= 0.3 is 0 Å². The van der Waals surface area contributed by atoms with Crippen molar-refractivity contribution in [2.24, 2.45) is 11.7 Å². The molecule has 2 fully saturated rings. The van der Waals surface area contributed by atoms with E-state index in [0.29, 0.717) is 6.10 Å². The van der Waals surface area contributed by atoms with Crippen molar-refractivity contribution in [1.82, 2.24) is 0 Å². The summed E-state index contributed by atoms with van der Waals surface area (Å²) in [5.74, 6) is 0.967. The molecule has 1 saturated carbocycles. The van der Waals surface area contributed by atoms with Gasteiger partial charge in [0.05, 0.1) is 6.10 Å². The summed E-state index contributed by atoms with van der Waals surface area (Å²) in [5.41, 5.74) is 6.75. The molecule has 19 heavy (non-hydrogen) atoms. The van der Waals surface area contributed by atoms with E-state index in [1.54, 1.807) is 0 Å². The molecular formula is C17H33NO. The monoisotopic (exact) mass is 267 g/mol. The summed E-state index contributed by atoms with van der Waals surface area (Å²) in [6.45, 7) is 3.28. The van der Waals surface area contributed by atoms with Crippen LogP contribution in [0.25, 0.3) is 0 Å². The second-order valence-electron chi connectivity index (χ2n) is 6.98. The lowest BCUT2D eigenvalue weighted by atomic mass is 9.73. The standard InChI is InChI=1S/C17H33NO/c1-2-3-6-15-9-12-17(18,13-10-15)11-4-7-16-8-5-14-19-16/h15-16H,2-14,18H2,1H3. The van der Waals surface area contributed by atoms with Gasteiger partial charge in [0, 0.05) is 12.1 Å². The second-order valence-corrected chi connectivity index (χ2v) is 6.98. The van der Waals surface area contributed by atoms with Gasteiger partial charge in [0.25, 0.3) is 0 Å². The Kier molecular flexibility index (Phi) is 6.15. The quantitative estimate of drug-likeness (QED) is 0.741. The van der Waals surface area contributed by atoms with Crippen molar-refractivity contribution in [3.63, 3.8) is 0 Å². The highest BCUT2D eigenvalue weighted by atomic mass is 16.5. The largest absolute Gasteiger partial charge is 0.378 e. The van der Waals surface area contributed by atoms with E-state index in [2.05, 4.69) is 6.92 Å². The maximum Gasteiger partial charge on any atom is 0.0576 e. The second kappa shape index (κ2) is 7.64. The molecule has 1 heterocycles. The minimum Gasteiger partial charge on any atom is -0.378 e. The van der Waals surface area contributed by atoms with Gasteiger partial charge < -0.3 is 10.5 Å². The average Bonchev–Trinajstić information content (AvgIpc) is 2.91. The highest BCUT2D eigenvalue weighted by Crippen LogP contribution is 2.36. The molecule has 1 aliphatic carbocycles. The number of hydrogen-bond acceptors (Lipinski definition) is 2. The number of rotatable bonds is 7. The molecule has 2 aliphatic rings. The van der Waals surface area contributed by atoms with Crippen molar-refractivity contribution in [2.75, 3.05) is 6.61 Å². The van der Waals surface area contributed by atoms with Crippen molar-refractivity contribution in [3.05, 3.63) is 0 Å². The molecule has 0 amide bonds. The molecule has 0 spiro atoms. The molecule has 2 nitrogen and oxygen atoms in total. The first-order valence-electron chi connectivity index (χ1n) is 8.62. The lowest BCUT2D eigenvalue weighted by molar-refractivity contribution is 0.0979. The minimum absolute atomic E-state index is 0.154. The van der Waals surface area contributed by atoms with Gasteiger partial charge in [-0.15, -0.1) is 0 Å². The SMILES string of the molecule is CCCCC1CCC(N)(CCCC2CCCO2)CC1. The van der Waals surface area contributed by atoms with E-state index >= 15 is 0 Å². The molecule has 0 radical (unpaired) electrons. The lowest BCUT2D eigenvalue weighted by Crippen LogP contribution is -2.43. The van der Waals surface area contributed by atoms with Crippen LogP contribution >= 0.6 is 0 Å². The summed E-state index contributed by atoms with van der Waals surface area (Å²) >= 11 is 0. The van der Waals surface area contributed by atoms with E-state index in [0.717, 1.165) is 12.5 Å². The normalized spacial score (nSPS) is 35.7. The maximum atomic E-state index is 6.59. The first-order valence-corrected chi connectivity index (χ1v) is 8.62. The summed E-state index contributed by atoms with van der Waals surface area (Å²) < 4.78 is 5.70. The summed E-state index contributed by atoms with van der Waals surface area (Å²) in [5, 5.41) is 0. The van der Waals surface area contributed by atoms with Gasteiger partial charge in [0.15, 0.2) is 0 Å². The van der Waals surface area contributed by atoms with Crippen LogP contribution in [0.15, 0.2) is 0 Å². The van der Waals surface area contributed by atoms with E-state index in [4.69, 9.17) is 10.5 Å². The number of unbranched alkanes of at least 4 members (excludes halogenated alkanes) is 1. The Hall–Kier alpha value is -0.0800. The van der Waals surface area contributed by atoms with E-state index in [9.17, 15) is 0 Å². The van der Waals surface area contributed by atoms with Crippen molar-refractivity contribution in [2.45, 2.75) is 95.6 Å². The van der Waals surface area contributed by atoms with Gasteiger partial charge in [0.1, 0.15) is 0 Å². The molecule has 0 aromatic heterocycles. The zero-order valence-corrected chi connectivity index (χ0v) is 12.8. The van der Waals surface area contributed by atoms with Crippen molar-refractivity contribution < 1.29 is 4.74 Å². The molecule has 1 unspecified atom stereocenters. The van der Waals surface area contributed by atoms with Crippen LogP contribution < -0.4 is 5.73 Å². The maximum absolute atomic E-state index is 6.59. The number of hydrogen-bond donors (Lipinski definition) is 1. The van der Waals surface area contributed by atoms with E-state index < -0.39 is 0 Å². The molecule has 2 N–H and O–H groups in total. The third kappa shape index (κ3) is 5.07. The van der Waals surface area contributed by atoms with Gasteiger partial charge in [-0.25, -0.2) is 0 Å². The fraction of sp³-hybridized carbons (Fsp3) is 1.00. The van der Waals surface area contributed by atoms with Crippen LogP contribution in [0.2, 0.25) is 0 Å². The minimum atomic E-state index is 0.154. The van der Waals surface area contributed by atoms with Gasteiger partial charge in [-0.1, -0.05) is 26.2 Å². The third-order valence-electron chi connectivity index (χ3n) is 5.29. The summed E-state index contributed by atoms with van der Waals surface area (Å²) in [6.07, 6.45) is 16.2. The molecule has 1 aliphatic heterocycles. The Bertz CT molecular complexity index is 240. The Labute approximate surface area is 119 Å². The number of ether oxygens (including phenoxy) is 1. The van der Waals surface area contributed by atoms with Gasteiger partial charge in [0.2, 0.25) is 0 Å². The van der Waals surface area contributed by atoms with Crippen LogP contribution in [0.4, 0.5) is 0 Å². The highest BCUT2D eigenvalue weighted by molar-refractivity contribution is 4.90. The Morgan fingerprint density at radius 1 is 1.11 bits per heavy atom. The van der Waals surface area contributed by atoms with E-state index in [1.165, 1.54) is 77.0 Å². The average molecular weight is 267 g/mol. The molecule has 0 aromatic carbocycles. The predicted octanol–water partition coefficient (Wildman–Crippen LogP) is 4.41. The van der Waals surface area contributed by atoms with Crippen LogP contribution in [0.1, 0.15) is 84.0 Å². The first-order chi connectivity index (χ1) is 9.22. The highest BCUT2D eigenvalue weighted by Gasteiger charge is 2.31. The summed E-state index contributed by atoms with van der Waals surface area (Å²) in [7, 11) is 0. The van der Waals surface area contributed by atoms with Gasteiger partial charge in [-0.3, -0.25) is 0 Å². The van der Waals surface area contributed by atoms with Crippen molar-refractivity contribution in [1.29, 1.82) is 0 Å². The zero-order chi connectivity index (χ0) is 13.6. The smallest absolute Gasteiger partial charge is 0.0576 e. The zero-order valence-electron chi connectivity index (χ0n) is 12.8. The topological polar surface area (TPSA) is 35.2 Å². The van der Waals surface area contributed by atoms with Crippen LogP contribution in [0.5, 0.6) is 0 Å². The molecule has 0 bridgehead atoms. The van der Waals surface area contributed by atoms with E-state index in [-0.39, 0.29) is 5.54 Å². The Morgan fingerprint density at radius 3 is 2.53 bits per heavy atom. The molecule has 1 saturated heterocycles. The third-order valence-corrected chi connectivity index (χ3v) is 5.29. The Morgan fingerprint density at radius 2 is 1.89 bits per heavy atom. The number of nitrogens with two attached hydrogens (primary N) is 1. The van der Waals surface area contributed by atoms with Crippen molar-refractivity contribution >= 4 is 0 Å². The molecule has 0 aromatic rings. The predicted molar refractivity (Wildman–Crippen MR) is 81.2 cm³/mol. The van der Waals surface area contributed by atoms with Crippen LogP contribution in [0, 0.1) is 5.92 Å². The fourth-order valence-corrected chi connectivity index (χ4v) is 3.84. The van der Waals surface area contributed by atoms with Gasteiger partial charge in [-0.05, 0) is 63.7 Å². The first kappa shape index (κ1) is 15.3. The van der Waals surface area contributed by atoms with Crippen LogP contribution in [-0.2, 0) is 4.74 Å². The molecule has 2 heteroatoms. The summed E-state index contributed by atoms with van der Waals surface area (Å²) in [4.78, 5) is 0. The fourth-order valence-electron chi connectivity index (χ4n) is 3.84. The van der Waals surface area contributed by atoms with Gasteiger partial charge in [-0.2, -0.15) is 0 Å². The molecule has 112 valence electrons. The molecular weight excluding hydrogens is 234 g/mol. The summed E-state index contributed by atoms with van der Waals surface area (Å²) in [6, 6.07) is 0. The van der Waals surface area contributed by atoms with Crippen LogP contribution in [0.3, 0.4) is 0 Å². The Balaban J connectivity index is 1.60.